The second-order valence-electron chi connectivity index (χ2n) is 7.08. The van der Waals surface area contributed by atoms with Crippen LogP contribution in [0.15, 0.2) is 0 Å². The van der Waals surface area contributed by atoms with Crippen LogP contribution in [-0.4, -0.2) is 12.6 Å². The standard InChI is InChI=1S/C15H27N/c1-3-16-11(2)7-15-8-12-4-13(9-15)6-14(5-12)10-15/h11-14,16H,3-10H2,1-2H3. The summed E-state index contributed by atoms with van der Waals surface area (Å²) in [5, 5.41) is 3.62. The Morgan fingerprint density at radius 3 is 2.00 bits per heavy atom. The quantitative estimate of drug-likeness (QED) is 0.765. The van der Waals surface area contributed by atoms with Crippen LogP contribution in [0.1, 0.15) is 58.8 Å². The summed E-state index contributed by atoms with van der Waals surface area (Å²) in [6.07, 6.45) is 10.9. The molecule has 1 heteroatoms. The van der Waals surface area contributed by atoms with Crippen LogP contribution in [0.5, 0.6) is 0 Å². The molecule has 0 radical (unpaired) electrons. The zero-order valence-corrected chi connectivity index (χ0v) is 11.0. The van der Waals surface area contributed by atoms with Crippen molar-refractivity contribution in [2.45, 2.75) is 64.8 Å². The van der Waals surface area contributed by atoms with Gasteiger partial charge in [0.05, 0.1) is 0 Å². The van der Waals surface area contributed by atoms with Crippen LogP contribution in [0.3, 0.4) is 0 Å². The predicted molar refractivity (Wildman–Crippen MR) is 68.4 cm³/mol. The van der Waals surface area contributed by atoms with E-state index in [1.807, 2.05) is 0 Å². The Labute approximate surface area is 100 Å². The summed E-state index contributed by atoms with van der Waals surface area (Å²) in [4.78, 5) is 0. The molecule has 0 spiro atoms. The van der Waals surface area contributed by atoms with Crippen molar-refractivity contribution in [2.24, 2.45) is 23.2 Å². The maximum atomic E-state index is 3.62. The molecule has 1 nitrogen and oxygen atoms in total. The Bertz CT molecular complexity index is 223. The highest BCUT2D eigenvalue weighted by Crippen LogP contribution is 2.61. The molecule has 16 heavy (non-hydrogen) atoms. The minimum atomic E-state index is 0.737. The molecule has 4 aliphatic rings. The first-order valence-corrected chi connectivity index (χ1v) is 7.42. The van der Waals surface area contributed by atoms with Crippen LogP contribution in [0.4, 0.5) is 0 Å². The highest BCUT2D eigenvalue weighted by Gasteiger charge is 2.50. The number of nitrogens with one attached hydrogen (secondary N) is 1. The van der Waals surface area contributed by atoms with E-state index in [0.29, 0.717) is 0 Å². The van der Waals surface area contributed by atoms with Gasteiger partial charge >= 0.3 is 0 Å². The molecule has 1 unspecified atom stereocenters. The van der Waals surface area contributed by atoms with Gasteiger partial charge in [0.2, 0.25) is 0 Å². The summed E-state index contributed by atoms with van der Waals surface area (Å²) in [5.74, 6) is 3.33. The fraction of sp³-hybridized carbons (Fsp3) is 1.00. The van der Waals surface area contributed by atoms with Crippen LogP contribution >= 0.6 is 0 Å². The lowest BCUT2D eigenvalue weighted by Gasteiger charge is -2.57. The monoisotopic (exact) mass is 221 g/mol. The van der Waals surface area contributed by atoms with Crippen molar-refractivity contribution in [1.82, 2.24) is 5.32 Å². The van der Waals surface area contributed by atoms with Gasteiger partial charge in [-0.15, -0.1) is 0 Å². The van der Waals surface area contributed by atoms with Crippen molar-refractivity contribution in [1.29, 1.82) is 0 Å². The van der Waals surface area contributed by atoms with Gasteiger partial charge in [-0.1, -0.05) is 6.92 Å². The van der Waals surface area contributed by atoms with Gasteiger partial charge in [-0.3, -0.25) is 0 Å². The van der Waals surface area contributed by atoms with E-state index in [-0.39, 0.29) is 0 Å². The van der Waals surface area contributed by atoms with Gasteiger partial charge in [0, 0.05) is 6.04 Å². The Hall–Kier alpha value is -0.0400. The van der Waals surface area contributed by atoms with E-state index in [9.17, 15) is 0 Å². The van der Waals surface area contributed by atoms with E-state index >= 15 is 0 Å². The predicted octanol–water partition coefficient (Wildman–Crippen LogP) is 3.59. The topological polar surface area (TPSA) is 12.0 Å². The molecule has 4 fully saturated rings. The summed E-state index contributed by atoms with van der Waals surface area (Å²) in [7, 11) is 0. The molecule has 0 aliphatic heterocycles. The molecule has 0 aromatic rings. The van der Waals surface area contributed by atoms with Crippen molar-refractivity contribution < 1.29 is 0 Å². The highest BCUT2D eigenvalue weighted by molar-refractivity contribution is 5.02. The molecule has 0 aromatic heterocycles. The summed E-state index contributed by atoms with van der Waals surface area (Å²) in [6, 6.07) is 0.737. The summed E-state index contributed by atoms with van der Waals surface area (Å²) >= 11 is 0. The maximum Gasteiger partial charge on any atom is 0.00439 e. The van der Waals surface area contributed by atoms with Gasteiger partial charge in [0.25, 0.3) is 0 Å². The van der Waals surface area contributed by atoms with E-state index in [0.717, 1.165) is 35.8 Å². The smallest absolute Gasteiger partial charge is 0.00439 e. The minimum Gasteiger partial charge on any atom is -0.315 e. The molecular weight excluding hydrogens is 194 g/mol. The summed E-state index contributed by atoms with van der Waals surface area (Å²) in [6.45, 7) is 5.76. The average molecular weight is 221 g/mol. The SMILES string of the molecule is CCNC(C)CC12CC3CC(CC(C3)C1)C2. The van der Waals surface area contributed by atoms with Crippen molar-refractivity contribution in [3.8, 4) is 0 Å². The zero-order valence-electron chi connectivity index (χ0n) is 11.0. The second-order valence-corrected chi connectivity index (χ2v) is 7.08. The van der Waals surface area contributed by atoms with E-state index in [4.69, 9.17) is 0 Å². The second kappa shape index (κ2) is 4.01. The molecule has 0 heterocycles. The van der Waals surface area contributed by atoms with Crippen LogP contribution in [-0.2, 0) is 0 Å². The van der Waals surface area contributed by atoms with Crippen molar-refractivity contribution in [2.75, 3.05) is 6.54 Å². The van der Waals surface area contributed by atoms with Crippen LogP contribution in [0.25, 0.3) is 0 Å². The molecular formula is C15H27N. The van der Waals surface area contributed by atoms with E-state index in [1.165, 1.54) is 6.42 Å². The number of rotatable bonds is 4. The van der Waals surface area contributed by atoms with Crippen molar-refractivity contribution in [3.63, 3.8) is 0 Å². The first kappa shape index (κ1) is 11.1. The molecule has 1 atom stereocenters. The molecule has 0 saturated heterocycles. The third-order valence-corrected chi connectivity index (χ3v) is 5.46. The largest absolute Gasteiger partial charge is 0.315 e. The van der Waals surface area contributed by atoms with Gasteiger partial charge in [0.1, 0.15) is 0 Å². The highest BCUT2D eigenvalue weighted by atomic mass is 14.9. The van der Waals surface area contributed by atoms with E-state index in [1.54, 1.807) is 38.5 Å². The van der Waals surface area contributed by atoms with Crippen LogP contribution < -0.4 is 5.32 Å². The van der Waals surface area contributed by atoms with E-state index < -0.39 is 0 Å². The van der Waals surface area contributed by atoms with Gasteiger partial charge in [0.15, 0.2) is 0 Å². The average Bonchev–Trinajstić information content (AvgIpc) is 2.13. The molecule has 4 aliphatic carbocycles. The summed E-state index contributed by atoms with van der Waals surface area (Å²) < 4.78 is 0. The van der Waals surface area contributed by atoms with Crippen molar-refractivity contribution >= 4 is 0 Å². The molecule has 4 bridgehead atoms. The summed E-state index contributed by atoms with van der Waals surface area (Å²) in [5.41, 5.74) is 0.760. The fourth-order valence-electron chi connectivity index (χ4n) is 5.61. The normalized spacial score (nSPS) is 47.2. The molecule has 92 valence electrons. The third kappa shape index (κ3) is 1.92. The Balaban J connectivity index is 1.68. The number of hydrogen-bond acceptors (Lipinski definition) is 1. The Kier molecular flexibility index (Phi) is 2.78. The van der Waals surface area contributed by atoms with Crippen molar-refractivity contribution in [3.05, 3.63) is 0 Å². The molecule has 0 aromatic carbocycles. The van der Waals surface area contributed by atoms with E-state index in [2.05, 4.69) is 19.2 Å². The zero-order chi connectivity index (χ0) is 11.2. The maximum absolute atomic E-state index is 3.62. The minimum absolute atomic E-state index is 0.737. The Morgan fingerprint density at radius 2 is 1.56 bits per heavy atom. The van der Waals surface area contributed by atoms with Crippen LogP contribution in [0, 0.1) is 23.2 Å². The molecule has 0 amide bonds. The fourth-order valence-corrected chi connectivity index (χ4v) is 5.61. The molecule has 1 N–H and O–H groups in total. The van der Waals surface area contributed by atoms with Crippen LogP contribution in [0.2, 0.25) is 0 Å². The first-order valence-electron chi connectivity index (χ1n) is 7.42. The van der Waals surface area contributed by atoms with Gasteiger partial charge in [-0.05, 0) is 81.6 Å². The lowest BCUT2D eigenvalue weighted by molar-refractivity contribution is -0.0610. The molecule has 4 saturated carbocycles. The van der Waals surface area contributed by atoms with Gasteiger partial charge in [-0.25, -0.2) is 0 Å². The molecule has 4 rings (SSSR count). The van der Waals surface area contributed by atoms with Gasteiger partial charge < -0.3 is 5.32 Å². The third-order valence-electron chi connectivity index (χ3n) is 5.46. The first-order chi connectivity index (χ1) is 7.69. The number of hydrogen-bond donors (Lipinski definition) is 1. The van der Waals surface area contributed by atoms with Gasteiger partial charge in [-0.2, -0.15) is 0 Å². The lowest BCUT2D eigenvalue weighted by Crippen LogP contribution is -2.48. The lowest BCUT2D eigenvalue weighted by atomic mass is 9.48. The Morgan fingerprint density at radius 1 is 1.06 bits per heavy atom.